The maximum absolute atomic E-state index is 5.82. The van der Waals surface area contributed by atoms with Gasteiger partial charge in [0.25, 0.3) is 0 Å². The number of methoxy groups -OCH3 is 1. The molecular weight excluding hydrogens is 266 g/mol. The van der Waals surface area contributed by atoms with E-state index in [1.165, 1.54) is 0 Å². The SMILES string of the molecule is CCC(CC)N(CCOC)Cc1nc2ccc(N)cc2o1. The van der Waals surface area contributed by atoms with Crippen LogP contribution in [0.4, 0.5) is 5.69 Å². The molecule has 0 saturated carbocycles. The van der Waals surface area contributed by atoms with E-state index in [0.717, 1.165) is 36.4 Å². The third kappa shape index (κ3) is 3.95. The number of nitrogen functional groups attached to an aromatic ring is 1. The van der Waals surface area contributed by atoms with Gasteiger partial charge >= 0.3 is 0 Å². The standard InChI is InChI=1S/C16H25N3O2/c1-4-13(5-2)19(8-9-20-3)11-16-18-14-7-6-12(17)10-15(14)21-16/h6-7,10,13H,4-5,8-9,11,17H2,1-3H3. The second-order valence-electron chi connectivity index (χ2n) is 5.27. The van der Waals surface area contributed by atoms with Crippen molar-refractivity contribution in [1.82, 2.24) is 9.88 Å². The van der Waals surface area contributed by atoms with Gasteiger partial charge in [0.15, 0.2) is 5.58 Å². The monoisotopic (exact) mass is 291 g/mol. The Morgan fingerprint density at radius 3 is 2.76 bits per heavy atom. The van der Waals surface area contributed by atoms with Gasteiger partial charge in [-0.1, -0.05) is 13.8 Å². The molecule has 116 valence electrons. The molecule has 21 heavy (non-hydrogen) atoms. The van der Waals surface area contributed by atoms with E-state index < -0.39 is 0 Å². The summed E-state index contributed by atoms with van der Waals surface area (Å²) < 4.78 is 11.0. The first kappa shape index (κ1) is 15.8. The molecule has 0 spiro atoms. The zero-order valence-corrected chi connectivity index (χ0v) is 13.1. The summed E-state index contributed by atoms with van der Waals surface area (Å²) in [4.78, 5) is 6.92. The quantitative estimate of drug-likeness (QED) is 0.757. The molecule has 0 atom stereocenters. The molecule has 2 aromatic rings. The lowest BCUT2D eigenvalue weighted by molar-refractivity contribution is 0.103. The Labute approximate surface area is 126 Å². The average molecular weight is 291 g/mol. The van der Waals surface area contributed by atoms with E-state index in [-0.39, 0.29) is 0 Å². The minimum absolute atomic E-state index is 0.514. The van der Waals surface area contributed by atoms with E-state index in [0.29, 0.717) is 24.9 Å². The van der Waals surface area contributed by atoms with Gasteiger partial charge in [-0.3, -0.25) is 4.90 Å². The van der Waals surface area contributed by atoms with Crippen molar-refractivity contribution >= 4 is 16.8 Å². The first-order chi connectivity index (χ1) is 10.2. The van der Waals surface area contributed by atoms with Crippen LogP contribution in [-0.4, -0.2) is 36.2 Å². The highest BCUT2D eigenvalue weighted by atomic mass is 16.5. The Morgan fingerprint density at radius 2 is 2.10 bits per heavy atom. The molecule has 5 nitrogen and oxygen atoms in total. The number of nitrogens with zero attached hydrogens (tertiary/aromatic N) is 2. The summed E-state index contributed by atoms with van der Waals surface area (Å²) in [5.41, 5.74) is 8.08. The Morgan fingerprint density at radius 1 is 1.33 bits per heavy atom. The van der Waals surface area contributed by atoms with Crippen LogP contribution >= 0.6 is 0 Å². The van der Waals surface area contributed by atoms with Crippen LogP contribution < -0.4 is 5.73 Å². The van der Waals surface area contributed by atoms with Gasteiger partial charge in [0, 0.05) is 31.5 Å². The lowest BCUT2D eigenvalue weighted by Crippen LogP contribution is -2.36. The van der Waals surface area contributed by atoms with E-state index >= 15 is 0 Å². The number of aromatic nitrogens is 1. The lowest BCUT2D eigenvalue weighted by Gasteiger charge is -2.28. The van der Waals surface area contributed by atoms with Crippen molar-refractivity contribution in [2.45, 2.75) is 39.3 Å². The van der Waals surface area contributed by atoms with Crippen molar-refractivity contribution in [2.24, 2.45) is 0 Å². The summed E-state index contributed by atoms with van der Waals surface area (Å²) in [6.45, 7) is 6.71. The number of hydrogen-bond donors (Lipinski definition) is 1. The molecule has 0 unspecified atom stereocenters. The predicted octanol–water partition coefficient (Wildman–Crippen LogP) is 3.05. The minimum Gasteiger partial charge on any atom is -0.439 e. The maximum Gasteiger partial charge on any atom is 0.209 e. The van der Waals surface area contributed by atoms with Crippen LogP contribution in [0.5, 0.6) is 0 Å². The third-order valence-electron chi connectivity index (χ3n) is 3.84. The fourth-order valence-electron chi connectivity index (χ4n) is 2.63. The van der Waals surface area contributed by atoms with Gasteiger partial charge < -0.3 is 14.9 Å². The number of fused-ring (bicyclic) bond motifs is 1. The Bertz CT molecular complexity index is 564. The van der Waals surface area contributed by atoms with E-state index in [1.807, 2.05) is 18.2 Å². The Kier molecular flexibility index (Phi) is 5.59. The summed E-state index contributed by atoms with van der Waals surface area (Å²) in [7, 11) is 1.73. The van der Waals surface area contributed by atoms with Crippen LogP contribution in [0.15, 0.2) is 22.6 Å². The molecule has 5 heteroatoms. The highest BCUT2D eigenvalue weighted by molar-refractivity contribution is 5.76. The van der Waals surface area contributed by atoms with Gasteiger partial charge in [0.1, 0.15) is 5.52 Å². The fourth-order valence-corrected chi connectivity index (χ4v) is 2.63. The molecule has 0 amide bonds. The molecule has 1 aromatic carbocycles. The van der Waals surface area contributed by atoms with Crippen molar-refractivity contribution in [1.29, 1.82) is 0 Å². The van der Waals surface area contributed by atoms with Gasteiger partial charge in [0.05, 0.1) is 13.2 Å². The molecular formula is C16H25N3O2. The number of hydrogen-bond acceptors (Lipinski definition) is 5. The number of ether oxygens (including phenoxy) is 1. The van der Waals surface area contributed by atoms with Crippen LogP contribution in [0.1, 0.15) is 32.6 Å². The van der Waals surface area contributed by atoms with Gasteiger partial charge in [-0.15, -0.1) is 0 Å². The molecule has 0 bridgehead atoms. The number of oxazole rings is 1. The summed E-state index contributed by atoms with van der Waals surface area (Å²) in [6, 6.07) is 6.08. The van der Waals surface area contributed by atoms with Gasteiger partial charge in [-0.05, 0) is 25.0 Å². The normalized spacial score (nSPS) is 11.9. The summed E-state index contributed by atoms with van der Waals surface area (Å²) in [5.74, 6) is 0.735. The molecule has 0 radical (unpaired) electrons. The van der Waals surface area contributed by atoms with Gasteiger partial charge in [-0.2, -0.15) is 0 Å². The number of anilines is 1. The largest absolute Gasteiger partial charge is 0.439 e. The smallest absolute Gasteiger partial charge is 0.209 e. The number of benzene rings is 1. The van der Waals surface area contributed by atoms with E-state index in [2.05, 4.69) is 23.7 Å². The van der Waals surface area contributed by atoms with Crippen molar-refractivity contribution < 1.29 is 9.15 Å². The van der Waals surface area contributed by atoms with Crippen LogP contribution in [0, 0.1) is 0 Å². The molecule has 0 aliphatic rings. The van der Waals surface area contributed by atoms with Gasteiger partial charge in [0.2, 0.25) is 5.89 Å². The molecule has 2 N–H and O–H groups in total. The van der Waals surface area contributed by atoms with Crippen molar-refractivity contribution in [3.8, 4) is 0 Å². The molecule has 0 fully saturated rings. The molecule has 0 saturated heterocycles. The van der Waals surface area contributed by atoms with Crippen LogP contribution in [-0.2, 0) is 11.3 Å². The van der Waals surface area contributed by atoms with Crippen LogP contribution in [0.3, 0.4) is 0 Å². The van der Waals surface area contributed by atoms with Crippen molar-refractivity contribution in [3.05, 3.63) is 24.1 Å². The van der Waals surface area contributed by atoms with E-state index in [4.69, 9.17) is 14.9 Å². The zero-order valence-electron chi connectivity index (χ0n) is 13.1. The Balaban J connectivity index is 2.16. The lowest BCUT2D eigenvalue weighted by atomic mass is 10.1. The summed E-state index contributed by atoms with van der Waals surface area (Å²) >= 11 is 0. The first-order valence-corrected chi connectivity index (χ1v) is 7.55. The van der Waals surface area contributed by atoms with Crippen molar-refractivity contribution in [3.63, 3.8) is 0 Å². The topological polar surface area (TPSA) is 64.5 Å². The zero-order chi connectivity index (χ0) is 15.2. The van der Waals surface area contributed by atoms with E-state index in [1.54, 1.807) is 7.11 Å². The van der Waals surface area contributed by atoms with E-state index in [9.17, 15) is 0 Å². The number of rotatable bonds is 8. The predicted molar refractivity (Wildman–Crippen MR) is 85.1 cm³/mol. The van der Waals surface area contributed by atoms with Crippen molar-refractivity contribution in [2.75, 3.05) is 26.0 Å². The number of nitrogens with two attached hydrogens (primary N) is 1. The maximum atomic E-state index is 5.82. The summed E-state index contributed by atoms with van der Waals surface area (Å²) in [5, 5.41) is 0. The molecule has 1 aromatic heterocycles. The second-order valence-corrected chi connectivity index (χ2v) is 5.27. The van der Waals surface area contributed by atoms with Crippen LogP contribution in [0.25, 0.3) is 11.1 Å². The minimum atomic E-state index is 0.514. The third-order valence-corrected chi connectivity index (χ3v) is 3.84. The molecule has 0 aliphatic carbocycles. The Hall–Kier alpha value is -1.59. The highest BCUT2D eigenvalue weighted by Gasteiger charge is 2.18. The highest BCUT2D eigenvalue weighted by Crippen LogP contribution is 2.20. The van der Waals surface area contributed by atoms with Gasteiger partial charge in [-0.25, -0.2) is 4.98 Å². The average Bonchev–Trinajstić information content (AvgIpc) is 2.87. The fraction of sp³-hybridized carbons (Fsp3) is 0.562. The molecule has 2 rings (SSSR count). The van der Waals surface area contributed by atoms with Crippen LogP contribution in [0.2, 0.25) is 0 Å². The summed E-state index contributed by atoms with van der Waals surface area (Å²) in [6.07, 6.45) is 2.21. The second kappa shape index (κ2) is 7.43. The molecule has 0 aliphatic heterocycles. The molecule has 1 heterocycles. The first-order valence-electron chi connectivity index (χ1n) is 7.55.